The maximum Gasteiger partial charge on any atom is 0.273 e. The lowest BCUT2D eigenvalue weighted by Gasteiger charge is -2.18. The van der Waals surface area contributed by atoms with E-state index in [2.05, 4.69) is 10.6 Å². The van der Waals surface area contributed by atoms with Crippen LogP contribution in [-0.2, 0) is 19.6 Å². The molecule has 1 aromatic heterocycles. The zero-order valence-corrected chi connectivity index (χ0v) is 18.5. The first-order chi connectivity index (χ1) is 14.8. The molecule has 2 N–H and O–H groups in total. The fourth-order valence-electron chi connectivity index (χ4n) is 2.62. The van der Waals surface area contributed by atoms with Crippen LogP contribution >= 0.6 is 11.3 Å². The van der Waals surface area contributed by atoms with Crippen molar-refractivity contribution < 1.29 is 22.7 Å². The van der Waals surface area contributed by atoms with Gasteiger partial charge < -0.3 is 15.4 Å². The van der Waals surface area contributed by atoms with Crippen LogP contribution < -0.4 is 19.7 Å². The third kappa shape index (κ3) is 5.83. The van der Waals surface area contributed by atoms with Crippen molar-refractivity contribution in [2.45, 2.75) is 11.1 Å². The van der Waals surface area contributed by atoms with Crippen molar-refractivity contribution in [2.24, 2.45) is 0 Å². The second-order valence-corrected chi connectivity index (χ2v) is 9.64. The molecule has 0 spiro atoms. The minimum atomic E-state index is -3.61. The van der Waals surface area contributed by atoms with Gasteiger partial charge in [0.15, 0.2) is 6.61 Å². The Hall–Kier alpha value is -3.37. The predicted molar refractivity (Wildman–Crippen MR) is 121 cm³/mol. The smallest absolute Gasteiger partial charge is 0.273 e. The monoisotopic (exact) mass is 459 g/mol. The van der Waals surface area contributed by atoms with E-state index in [1.54, 1.807) is 66.0 Å². The Kier molecular flexibility index (Phi) is 6.93. The molecule has 0 fully saturated rings. The lowest BCUT2D eigenvalue weighted by molar-refractivity contribution is -0.118. The second kappa shape index (κ2) is 9.63. The van der Waals surface area contributed by atoms with Gasteiger partial charge in [0.1, 0.15) is 9.96 Å². The van der Waals surface area contributed by atoms with Crippen LogP contribution in [0.4, 0.5) is 17.1 Å². The molecule has 0 aliphatic heterocycles. The van der Waals surface area contributed by atoms with E-state index in [4.69, 9.17) is 4.74 Å². The van der Waals surface area contributed by atoms with E-state index in [1.807, 2.05) is 0 Å². The third-order valence-corrected chi connectivity index (χ3v) is 7.33. The zero-order chi connectivity index (χ0) is 22.4. The first-order valence-electron chi connectivity index (χ1n) is 9.18. The van der Waals surface area contributed by atoms with E-state index < -0.39 is 10.0 Å². The highest BCUT2D eigenvalue weighted by Gasteiger charge is 2.22. The SMILES string of the molecule is CC(=O)Nc1ccc(NC(=O)COc2ccc(N(C)S(=O)(=O)c3cccs3)cc2)cc1. The van der Waals surface area contributed by atoms with Crippen molar-refractivity contribution in [3.63, 3.8) is 0 Å². The first kappa shape index (κ1) is 22.3. The van der Waals surface area contributed by atoms with Crippen LogP contribution in [0.1, 0.15) is 6.92 Å². The number of carbonyl (C=O) groups is 2. The number of anilines is 3. The van der Waals surface area contributed by atoms with Gasteiger partial charge in [-0.05, 0) is 60.0 Å². The number of hydrogen-bond donors (Lipinski definition) is 2. The number of benzene rings is 2. The second-order valence-electron chi connectivity index (χ2n) is 6.49. The van der Waals surface area contributed by atoms with Crippen LogP contribution in [0.2, 0.25) is 0 Å². The van der Waals surface area contributed by atoms with Crippen molar-refractivity contribution in [1.29, 1.82) is 0 Å². The van der Waals surface area contributed by atoms with E-state index in [9.17, 15) is 18.0 Å². The van der Waals surface area contributed by atoms with Crippen LogP contribution in [0.15, 0.2) is 70.3 Å². The summed E-state index contributed by atoms with van der Waals surface area (Å²) in [5, 5.41) is 7.05. The first-order valence-corrected chi connectivity index (χ1v) is 11.5. The van der Waals surface area contributed by atoms with E-state index in [1.165, 1.54) is 18.3 Å². The third-order valence-electron chi connectivity index (χ3n) is 4.17. The molecule has 0 saturated heterocycles. The van der Waals surface area contributed by atoms with Gasteiger partial charge in [-0.1, -0.05) is 6.07 Å². The topological polar surface area (TPSA) is 105 Å². The Balaban J connectivity index is 1.54. The molecular formula is C21H21N3O5S2. The highest BCUT2D eigenvalue weighted by Crippen LogP contribution is 2.26. The summed E-state index contributed by atoms with van der Waals surface area (Å²) in [4.78, 5) is 23.1. The van der Waals surface area contributed by atoms with Gasteiger partial charge in [0.25, 0.3) is 15.9 Å². The lowest BCUT2D eigenvalue weighted by atomic mass is 10.2. The molecule has 0 radical (unpaired) electrons. The molecule has 0 unspecified atom stereocenters. The van der Waals surface area contributed by atoms with Gasteiger partial charge in [-0.3, -0.25) is 13.9 Å². The molecule has 162 valence electrons. The normalized spacial score (nSPS) is 10.9. The Labute approximate surface area is 184 Å². The summed E-state index contributed by atoms with van der Waals surface area (Å²) in [5.74, 6) is -0.0953. The average Bonchev–Trinajstić information content (AvgIpc) is 3.29. The van der Waals surface area contributed by atoms with Crippen LogP contribution in [0.3, 0.4) is 0 Å². The number of nitrogens with one attached hydrogen (secondary N) is 2. The number of sulfonamides is 1. The van der Waals surface area contributed by atoms with Crippen molar-refractivity contribution in [2.75, 3.05) is 28.6 Å². The molecule has 8 nitrogen and oxygen atoms in total. The molecule has 0 bridgehead atoms. The van der Waals surface area contributed by atoms with Gasteiger partial charge >= 0.3 is 0 Å². The number of hydrogen-bond acceptors (Lipinski definition) is 6. The van der Waals surface area contributed by atoms with Crippen molar-refractivity contribution in [1.82, 2.24) is 0 Å². The number of amides is 2. The molecular weight excluding hydrogens is 438 g/mol. The molecule has 0 aliphatic carbocycles. The fraction of sp³-hybridized carbons (Fsp3) is 0.143. The van der Waals surface area contributed by atoms with Crippen LogP contribution in [-0.4, -0.2) is 33.9 Å². The fourth-order valence-corrected chi connectivity index (χ4v) is 4.98. The number of rotatable bonds is 8. The summed E-state index contributed by atoms with van der Waals surface area (Å²) < 4.78 is 32.1. The maximum absolute atomic E-state index is 12.6. The Morgan fingerprint density at radius 3 is 2.13 bits per heavy atom. The molecule has 0 atom stereocenters. The Morgan fingerprint density at radius 1 is 0.968 bits per heavy atom. The summed E-state index contributed by atoms with van der Waals surface area (Å²) in [7, 11) is -2.13. The highest BCUT2D eigenvalue weighted by molar-refractivity contribution is 7.94. The number of nitrogens with zero attached hydrogens (tertiary/aromatic N) is 1. The van der Waals surface area contributed by atoms with E-state index in [0.717, 1.165) is 11.3 Å². The standard InChI is InChI=1S/C21H21N3O5S2/c1-15(25)22-16-5-7-17(8-6-16)23-20(26)14-29-19-11-9-18(10-12-19)24(2)31(27,28)21-4-3-13-30-21/h3-13H,14H2,1-2H3,(H,22,25)(H,23,26). The zero-order valence-electron chi connectivity index (χ0n) is 16.9. The number of thiophene rings is 1. The molecule has 0 saturated carbocycles. The highest BCUT2D eigenvalue weighted by atomic mass is 32.2. The summed E-state index contributed by atoms with van der Waals surface area (Å²) in [6, 6.07) is 16.4. The van der Waals surface area contributed by atoms with E-state index in [-0.39, 0.29) is 22.6 Å². The molecule has 3 aromatic rings. The van der Waals surface area contributed by atoms with Crippen LogP contribution in [0.25, 0.3) is 0 Å². The molecule has 2 amide bonds. The van der Waals surface area contributed by atoms with Gasteiger partial charge in [0, 0.05) is 25.3 Å². The minimum absolute atomic E-state index is 0.175. The molecule has 3 rings (SSSR count). The van der Waals surface area contributed by atoms with Gasteiger partial charge in [-0.2, -0.15) is 0 Å². The summed E-state index contributed by atoms with van der Waals surface area (Å²) in [6.45, 7) is 1.20. The summed E-state index contributed by atoms with van der Waals surface area (Å²) in [6.07, 6.45) is 0. The largest absolute Gasteiger partial charge is 0.484 e. The lowest BCUT2D eigenvalue weighted by Crippen LogP contribution is -2.25. The van der Waals surface area contributed by atoms with Gasteiger partial charge in [-0.25, -0.2) is 8.42 Å². The molecule has 0 aliphatic rings. The molecule has 31 heavy (non-hydrogen) atoms. The van der Waals surface area contributed by atoms with Gasteiger partial charge in [0.2, 0.25) is 5.91 Å². The molecule has 1 heterocycles. The Bertz CT molecular complexity index is 1140. The van der Waals surface area contributed by atoms with E-state index in [0.29, 0.717) is 22.8 Å². The minimum Gasteiger partial charge on any atom is -0.484 e. The van der Waals surface area contributed by atoms with E-state index >= 15 is 0 Å². The predicted octanol–water partition coefficient (Wildman–Crippen LogP) is 3.55. The Morgan fingerprint density at radius 2 is 1.58 bits per heavy atom. The van der Waals surface area contributed by atoms with Gasteiger partial charge in [0.05, 0.1) is 5.69 Å². The van der Waals surface area contributed by atoms with Crippen molar-refractivity contribution >= 4 is 50.2 Å². The quantitative estimate of drug-likeness (QED) is 0.536. The van der Waals surface area contributed by atoms with Crippen molar-refractivity contribution in [3.05, 3.63) is 66.0 Å². The molecule has 2 aromatic carbocycles. The van der Waals surface area contributed by atoms with Gasteiger partial charge in [-0.15, -0.1) is 11.3 Å². The molecule has 10 heteroatoms. The maximum atomic E-state index is 12.6. The number of ether oxygens (including phenoxy) is 1. The van der Waals surface area contributed by atoms with Crippen LogP contribution in [0.5, 0.6) is 5.75 Å². The van der Waals surface area contributed by atoms with Crippen LogP contribution in [0, 0.1) is 0 Å². The summed E-state index contributed by atoms with van der Waals surface area (Å²) in [5.41, 5.74) is 1.68. The van der Waals surface area contributed by atoms with Crippen molar-refractivity contribution in [3.8, 4) is 5.75 Å². The summed E-state index contributed by atoms with van der Waals surface area (Å²) >= 11 is 1.15. The average molecular weight is 460 g/mol. The number of carbonyl (C=O) groups excluding carboxylic acids is 2.